The zero-order chi connectivity index (χ0) is 15.8. The Bertz CT molecular complexity index is 740. The topological polar surface area (TPSA) is 25.8 Å². The van der Waals surface area contributed by atoms with Crippen molar-refractivity contribution in [2.75, 3.05) is 0 Å². The molecule has 2 aromatic heterocycles. The molecule has 0 fully saturated rings. The average Bonchev–Trinajstić information content (AvgIpc) is 2.35. The Morgan fingerprint density at radius 3 is 1.27 bits per heavy atom. The first-order valence-corrected chi connectivity index (χ1v) is 7.58. The summed E-state index contributed by atoms with van der Waals surface area (Å²) in [6.07, 6.45) is 3.60. The Morgan fingerprint density at radius 2 is 0.955 bits per heavy atom. The van der Waals surface area contributed by atoms with E-state index in [2.05, 4.69) is 34.2 Å². The molecule has 0 saturated carbocycles. The van der Waals surface area contributed by atoms with Gasteiger partial charge in [-0.2, -0.15) is 0 Å². The van der Waals surface area contributed by atoms with Gasteiger partial charge in [-0.25, -0.2) is 0 Å². The molecule has 0 aliphatic carbocycles. The maximum absolute atomic E-state index is 10.7. The van der Waals surface area contributed by atoms with Gasteiger partial charge in [-0.15, -0.1) is 0 Å². The molecular weight excluding hydrogens is 503 g/mol. The number of hydrogen-bond donors (Lipinski definition) is 0. The second-order valence-electron chi connectivity index (χ2n) is 4.17. The fourth-order valence-corrected chi connectivity index (χ4v) is 1.68. The van der Waals surface area contributed by atoms with Gasteiger partial charge >= 0.3 is 53.4 Å². The zero-order valence-electron chi connectivity index (χ0n) is 10.6. The zero-order valence-corrected chi connectivity index (χ0v) is 14.2. The summed E-state index contributed by atoms with van der Waals surface area (Å²) < 4.78 is 59.2. The van der Waals surface area contributed by atoms with E-state index in [0.29, 0.717) is 0 Å². The minimum absolute atomic E-state index is 0. The molecule has 3 aromatic rings. The SMILES string of the molecule is F[P-](F)(F)(F)(F)F.[Re+].c1cnc2c(c1)ccc1cccnc12. The van der Waals surface area contributed by atoms with Crippen molar-refractivity contribution in [2.24, 2.45) is 0 Å². The number of benzene rings is 1. The van der Waals surface area contributed by atoms with E-state index < -0.39 is 7.81 Å². The van der Waals surface area contributed by atoms with Crippen LogP contribution in [0, 0.1) is 0 Å². The number of pyridine rings is 2. The van der Waals surface area contributed by atoms with E-state index in [9.17, 15) is 25.2 Å². The third-order valence-electron chi connectivity index (χ3n) is 2.34. The molecule has 22 heavy (non-hydrogen) atoms. The molecule has 0 aliphatic rings. The van der Waals surface area contributed by atoms with Gasteiger partial charge < -0.3 is 0 Å². The number of halogens is 6. The van der Waals surface area contributed by atoms with Crippen molar-refractivity contribution in [2.45, 2.75) is 0 Å². The second kappa shape index (κ2) is 5.41. The van der Waals surface area contributed by atoms with Crippen molar-refractivity contribution in [1.82, 2.24) is 9.97 Å². The largest absolute Gasteiger partial charge is 1.00 e. The summed E-state index contributed by atoms with van der Waals surface area (Å²) in [5, 5.41) is 2.28. The Labute approximate surface area is 134 Å². The van der Waals surface area contributed by atoms with Crippen molar-refractivity contribution < 1.29 is 45.6 Å². The minimum Gasteiger partial charge on any atom is -0.254 e. The summed E-state index contributed by atoms with van der Waals surface area (Å²) in [5.41, 5.74) is 1.95. The van der Waals surface area contributed by atoms with Gasteiger partial charge in [-0.05, 0) is 12.1 Å². The van der Waals surface area contributed by atoms with Gasteiger partial charge in [0.2, 0.25) is 0 Å². The van der Waals surface area contributed by atoms with Crippen LogP contribution in [0.1, 0.15) is 0 Å². The van der Waals surface area contributed by atoms with Gasteiger partial charge in [0.25, 0.3) is 0 Å². The second-order valence-corrected chi connectivity index (χ2v) is 6.09. The fraction of sp³-hybridized carbons (Fsp3) is 0. The third-order valence-corrected chi connectivity index (χ3v) is 2.34. The van der Waals surface area contributed by atoms with Crippen LogP contribution in [0.25, 0.3) is 21.8 Å². The number of aromatic nitrogens is 2. The first-order chi connectivity index (χ1) is 9.40. The van der Waals surface area contributed by atoms with Crippen LogP contribution >= 0.6 is 7.81 Å². The van der Waals surface area contributed by atoms with E-state index in [0.717, 1.165) is 21.8 Å². The first-order valence-electron chi connectivity index (χ1n) is 5.55. The third kappa shape index (κ3) is 6.65. The van der Waals surface area contributed by atoms with E-state index in [1.54, 1.807) is 12.4 Å². The van der Waals surface area contributed by atoms with Gasteiger partial charge in [-0.1, -0.05) is 24.3 Å². The molecular formula is C12H8F6N2PRe. The van der Waals surface area contributed by atoms with Crippen molar-refractivity contribution in [1.29, 1.82) is 0 Å². The summed E-state index contributed by atoms with van der Waals surface area (Å²) in [7, 11) is -10.7. The van der Waals surface area contributed by atoms with Gasteiger partial charge in [0.05, 0.1) is 11.0 Å². The summed E-state index contributed by atoms with van der Waals surface area (Å²) in [4.78, 5) is 8.69. The van der Waals surface area contributed by atoms with E-state index in [1.807, 2.05) is 12.1 Å². The van der Waals surface area contributed by atoms with Crippen LogP contribution < -0.4 is 0 Å². The molecule has 10 heteroatoms. The van der Waals surface area contributed by atoms with Gasteiger partial charge in [0.1, 0.15) is 0 Å². The molecule has 2 nitrogen and oxygen atoms in total. The smallest absolute Gasteiger partial charge is 0.254 e. The summed E-state index contributed by atoms with van der Waals surface area (Å²) in [6.45, 7) is 0. The fourth-order valence-electron chi connectivity index (χ4n) is 1.68. The standard InChI is InChI=1S/C12H8N2.F6P.Re/c1-3-9-5-6-10-4-2-8-14-12(10)11(9)13-7-1;1-7(2,3,4,5)6;/h1-8H;;/q;-1;+1. The molecule has 0 bridgehead atoms. The van der Waals surface area contributed by atoms with E-state index in [-0.39, 0.29) is 20.4 Å². The molecule has 2 heterocycles. The maximum atomic E-state index is 9.87. The van der Waals surface area contributed by atoms with E-state index in [1.165, 1.54) is 0 Å². The summed E-state index contributed by atoms with van der Waals surface area (Å²) in [5.74, 6) is 0. The number of fused-ring (bicyclic) bond motifs is 3. The van der Waals surface area contributed by atoms with Crippen LogP contribution in [0.3, 0.4) is 0 Å². The Balaban J connectivity index is 0.000000264. The molecule has 0 atom stereocenters. The predicted octanol–water partition coefficient (Wildman–Crippen LogP) is 6.16. The monoisotopic (exact) mass is 512 g/mol. The van der Waals surface area contributed by atoms with Crippen LogP contribution in [0.4, 0.5) is 25.2 Å². The summed E-state index contributed by atoms with van der Waals surface area (Å²) >= 11 is 0. The van der Waals surface area contributed by atoms with Crippen molar-refractivity contribution in [3.63, 3.8) is 0 Å². The predicted molar refractivity (Wildman–Crippen MR) is 70.6 cm³/mol. The Kier molecular flexibility index (Phi) is 4.62. The molecule has 0 aliphatic heterocycles. The van der Waals surface area contributed by atoms with Crippen LogP contribution in [-0.2, 0) is 20.4 Å². The molecule has 0 amide bonds. The van der Waals surface area contributed by atoms with Gasteiger partial charge in [0.15, 0.2) is 0 Å². The summed E-state index contributed by atoms with van der Waals surface area (Å²) in [6, 6.07) is 12.1. The van der Waals surface area contributed by atoms with Crippen molar-refractivity contribution >= 4 is 29.6 Å². The quantitative estimate of drug-likeness (QED) is 0.205. The van der Waals surface area contributed by atoms with Crippen molar-refractivity contribution in [3.05, 3.63) is 48.8 Å². The number of nitrogens with zero attached hydrogens (tertiary/aromatic N) is 2. The molecule has 0 saturated heterocycles. The Morgan fingerprint density at radius 1 is 0.636 bits per heavy atom. The van der Waals surface area contributed by atoms with Gasteiger partial charge in [-0.3, -0.25) is 9.97 Å². The van der Waals surface area contributed by atoms with Gasteiger partial charge in [0, 0.05) is 23.2 Å². The maximum Gasteiger partial charge on any atom is 1.00 e. The molecule has 0 spiro atoms. The minimum atomic E-state index is -10.7. The molecule has 120 valence electrons. The number of rotatable bonds is 0. The molecule has 0 unspecified atom stereocenters. The van der Waals surface area contributed by atoms with Crippen molar-refractivity contribution in [3.8, 4) is 0 Å². The molecule has 0 N–H and O–H groups in total. The van der Waals surface area contributed by atoms with Crippen LogP contribution in [0.5, 0.6) is 0 Å². The molecule has 1 aromatic carbocycles. The van der Waals surface area contributed by atoms with E-state index in [4.69, 9.17) is 0 Å². The van der Waals surface area contributed by atoms with Crippen LogP contribution in [-0.4, -0.2) is 9.97 Å². The molecule has 0 radical (unpaired) electrons. The van der Waals surface area contributed by atoms with Crippen LogP contribution in [0.15, 0.2) is 48.8 Å². The van der Waals surface area contributed by atoms with E-state index >= 15 is 0 Å². The first kappa shape index (κ1) is 18.8. The normalized spacial score (nSPS) is 14.3. The number of hydrogen-bond acceptors (Lipinski definition) is 2. The molecule has 3 rings (SSSR count). The Hall–Kier alpha value is -1.29. The van der Waals surface area contributed by atoms with Crippen LogP contribution in [0.2, 0.25) is 0 Å². The average molecular weight is 511 g/mol.